The standard InChI is InChI=1S/C29H28N4O4S/c1-17-14-22(18(2)32(17)20-9-7-8-19(15-20)28(34)35)27-26(23-10-5-6-13-30-23)31-29(38)33(27)24-16-21(36-3)11-12-25(24)37-4/h5-16,26-27H,1-4H3,(H,31,38)(H,34,35)/t26-,27-/m1/s1. The summed E-state index contributed by atoms with van der Waals surface area (Å²) < 4.78 is 13.3. The molecule has 4 aromatic rings. The number of methoxy groups -OCH3 is 2. The Hall–Kier alpha value is -4.37. The number of rotatable bonds is 7. The highest BCUT2D eigenvalue weighted by molar-refractivity contribution is 7.80. The lowest BCUT2D eigenvalue weighted by molar-refractivity contribution is 0.0697. The maximum absolute atomic E-state index is 11.6. The summed E-state index contributed by atoms with van der Waals surface area (Å²) in [6.45, 7) is 4.05. The molecule has 2 atom stereocenters. The highest BCUT2D eigenvalue weighted by Crippen LogP contribution is 2.47. The molecule has 1 aliphatic rings. The van der Waals surface area contributed by atoms with Crippen LogP contribution in [0.2, 0.25) is 0 Å². The van der Waals surface area contributed by atoms with E-state index in [2.05, 4.69) is 25.8 Å². The molecule has 2 N–H and O–H groups in total. The Bertz CT molecular complexity index is 1520. The summed E-state index contributed by atoms with van der Waals surface area (Å²) in [6, 6.07) is 20.0. The van der Waals surface area contributed by atoms with E-state index in [1.165, 1.54) is 0 Å². The topological polar surface area (TPSA) is 88.9 Å². The Labute approximate surface area is 226 Å². The molecule has 0 aliphatic carbocycles. The molecular formula is C29H28N4O4S. The first kappa shape index (κ1) is 25.3. The van der Waals surface area contributed by atoms with Crippen LogP contribution in [-0.4, -0.2) is 40.0 Å². The van der Waals surface area contributed by atoms with Gasteiger partial charge in [0.05, 0.1) is 43.2 Å². The van der Waals surface area contributed by atoms with Crippen LogP contribution >= 0.6 is 12.2 Å². The lowest BCUT2D eigenvalue weighted by Crippen LogP contribution is -2.30. The molecule has 8 nitrogen and oxygen atoms in total. The number of nitrogens with one attached hydrogen (secondary N) is 1. The minimum absolute atomic E-state index is 0.231. The van der Waals surface area contributed by atoms with E-state index < -0.39 is 5.97 Å². The molecule has 5 rings (SSSR count). The van der Waals surface area contributed by atoms with Gasteiger partial charge >= 0.3 is 5.97 Å². The number of ether oxygens (including phenoxy) is 2. The molecule has 38 heavy (non-hydrogen) atoms. The second-order valence-corrected chi connectivity index (χ2v) is 9.44. The molecule has 0 spiro atoms. The van der Waals surface area contributed by atoms with Crippen molar-refractivity contribution in [3.63, 3.8) is 0 Å². The molecule has 0 amide bonds. The Morgan fingerprint density at radius 1 is 1.03 bits per heavy atom. The fraction of sp³-hybridized carbons (Fsp3) is 0.207. The molecular weight excluding hydrogens is 500 g/mol. The van der Waals surface area contributed by atoms with Crippen molar-refractivity contribution in [2.24, 2.45) is 0 Å². The van der Waals surface area contributed by atoms with E-state index in [9.17, 15) is 9.90 Å². The van der Waals surface area contributed by atoms with Crippen molar-refractivity contribution in [1.29, 1.82) is 0 Å². The van der Waals surface area contributed by atoms with E-state index >= 15 is 0 Å². The van der Waals surface area contributed by atoms with Gasteiger partial charge in [0.15, 0.2) is 5.11 Å². The van der Waals surface area contributed by atoms with Crippen molar-refractivity contribution in [3.8, 4) is 17.2 Å². The number of hydrogen-bond donors (Lipinski definition) is 2. The smallest absolute Gasteiger partial charge is 0.335 e. The van der Waals surface area contributed by atoms with Gasteiger partial charge in [0, 0.05) is 29.3 Å². The first-order chi connectivity index (χ1) is 18.3. The third kappa shape index (κ3) is 4.35. The molecule has 0 bridgehead atoms. The van der Waals surface area contributed by atoms with Crippen LogP contribution in [-0.2, 0) is 0 Å². The highest BCUT2D eigenvalue weighted by Gasteiger charge is 2.43. The van der Waals surface area contributed by atoms with E-state index in [1.54, 1.807) is 38.6 Å². The number of nitrogens with zero attached hydrogens (tertiary/aromatic N) is 3. The summed E-state index contributed by atoms with van der Waals surface area (Å²) in [5, 5.41) is 13.6. The Morgan fingerprint density at radius 2 is 1.84 bits per heavy atom. The van der Waals surface area contributed by atoms with Crippen LogP contribution in [0.3, 0.4) is 0 Å². The summed E-state index contributed by atoms with van der Waals surface area (Å²) in [7, 11) is 3.25. The lowest BCUT2D eigenvalue weighted by Gasteiger charge is -2.29. The van der Waals surface area contributed by atoms with Gasteiger partial charge in [0.1, 0.15) is 11.5 Å². The van der Waals surface area contributed by atoms with Gasteiger partial charge in [-0.1, -0.05) is 12.1 Å². The van der Waals surface area contributed by atoms with Crippen molar-refractivity contribution in [1.82, 2.24) is 14.9 Å². The van der Waals surface area contributed by atoms with Crippen molar-refractivity contribution in [2.75, 3.05) is 19.1 Å². The van der Waals surface area contributed by atoms with Gasteiger partial charge in [-0.05, 0) is 80.2 Å². The van der Waals surface area contributed by atoms with Crippen molar-refractivity contribution >= 4 is 29.0 Å². The summed E-state index contributed by atoms with van der Waals surface area (Å²) in [5.41, 5.74) is 5.59. The summed E-state index contributed by atoms with van der Waals surface area (Å²) in [6.07, 6.45) is 1.77. The number of aryl methyl sites for hydroxylation is 1. The number of hydrogen-bond acceptors (Lipinski definition) is 5. The number of carboxylic acids is 1. The molecule has 194 valence electrons. The van der Waals surface area contributed by atoms with Gasteiger partial charge in [-0.25, -0.2) is 4.79 Å². The SMILES string of the molecule is COc1ccc(OC)c(N2C(=S)N[C@H](c3ccccn3)[C@H]2c2cc(C)n(-c3cccc(C(=O)O)c3)c2C)c1. The van der Waals surface area contributed by atoms with Crippen LogP contribution < -0.4 is 19.7 Å². The van der Waals surface area contributed by atoms with Gasteiger partial charge in [0.2, 0.25) is 0 Å². The van der Waals surface area contributed by atoms with Crippen LogP contribution in [0.4, 0.5) is 5.69 Å². The Morgan fingerprint density at radius 3 is 2.53 bits per heavy atom. The predicted molar refractivity (Wildman–Crippen MR) is 150 cm³/mol. The summed E-state index contributed by atoms with van der Waals surface area (Å²) in [5.74, 6) is 0.371. The molecule has 1 saturated heterocycles. The monoisotopic (exact) mass is 528 g/mol. The third-order valence-electron chi connectivity index (χ3n) is 6.88. The Balaban J connectivity index is 1.71. The number of pyridine rings is 1. The van der Waals surface area contributed by atoms with Gasteiger partial charge in [-0.15, -0.1) is 0 Å². The number of aromatic carboxylic acids is 1. The summed E-state index contributed by atoms with van der Waals surface area (Å²) in [4.78, 5) is 18.3. The fourth-order valence-corrected chi connectivity index (χ4v) is 5.52. The molecule has 0 radical (unpaired) electrons. The quantitative estimate of drug-likeness (QED) is 0.309. The fourth-order valence-electron chi connectivity index (χ4n) is 5.18. The molecule has 2 aromatic carbocycles. The average molecular weight is 529 g/mol. The number of benzene rings is 2. The van der Waals surface area contributed by atoms with Crippen molar-refractivity contribution < 1.29 is 19.4 Å². The van der Waals surface area contributed by atoms with E-state index in [-0.39, 0.29) is 17.6 Å². The first-order valence-electron chi connectivity index (χ1n) is 12.1. The molecule has 9 heteroatoms. The number of thiocarbonyl (C=S) groups is 1. The second-order valence-electron chi connectivity index (χ2n) is 9.05. The maximum Gasteiger partial charge on any atom is 0.335 e. The van der Waals surface area contributed by atoms with E-state index in [0.717, 1.165) is 34.0 Å². The molecule has 0 unspecified atom stereocenters. The zero-order chi connectivity index (χ0) is 27.0. The zero-order valence-corrected chi connectivity index (χ0v) is 22.3. The van der Waals surface area contributed by atoms with Gasteiger partial charge in [-0.2, -0.15) is 0 Å². The van der Waals surface area contributed by atoms with E-state index in [0.29, 0.717) is 16.6 Å². The molecule has 1 fully saturated rings. The second kappa shape index (κ2) is 10.2. The van der Waals surface area contributed by atoms with Gasteiger partial charge in [-0.3, -0.25) is 4.98 Å². The van der Waals surface area contributed by atoms with E-state index in [1.807, 2.05) is 56.3 Å². The molecule has 3 heterocycles. The first-order valence-corrected chi connectivity index (χ1v) is 12.5. The molecule has 1 aliphatic heterocycles. The van der Waals surface area contributed by atoms with Crippen LogP contribution in [0, 0.1) is 13.8 Å². The number of anilines is 1. The van der Waals surface area contributed by atoms with Crippen LogP contribution in [0.25, 0.3) is 5.69 Å². The van der Waals surface area contributed by atoms with Crippen molar-refractivity contribution in [3.05, 3.63) is 101 Å². The van der Waals surface area contributed by atoms with E-state index in [4.69, 9.17) is 21.7 Å². The lowest BCUT2D eigenvalue weighted by atomic mass is 9.96. The van der Waals surface area contributed by atoms with Crippen LogP contribution in [0.5, 0.6) is 11.5 Å². The van der Waals surface area contributed by atoms with Crippen LogP contribution in [0.15, 0.2) is 72.9 Å². The van der Waals surface area contributed by atoms with Crippen molar-refractivity contribution in [2.45, 2.75) is 25.9 Å². The van der Waals surface area contributed by atoms with Gasteiger partial charge < -0.3 is 29.4 Å². The normalized spacial score (nSPS) is 16.8. The summed E-state index contributed by atoms with van der Waals surface area (Å²) >= 11 is 5.90. The number of carbonyl (C=O) groups is 1. The number of carboxylic acid groups (broad SMARTS) is 1. The Kier molecular flexibility index (Phi) is 6.77. The maximum atomic E-state index is 11.6. The minimum Gasteiger partial charge on any atom is -0.497 e. The molecule has 0 saturated carbocycles. The highest BCUT2D eigenvalue weighted by atomic mass is 32.1. The zero-order valence-electron chi connectivity index (χ0n) is 21.5. The average Bonchev–Trinajstić information content (AvgIpc) is 3.43. The van der Waals surface area contributed by atoms with Gasteiger partial charge in [0.25, 0.3) is 0 Å². The third-order valence-corrected chi connectivity index (χ3v) is 7.20. The minimum atomic E-state index is -0.966. The predicted octanol–water partition coefficient (Wildman–Crippen LogP) is 5.38. The largest absolute Gasteiger partial charge is 0.497 e. The number of aromatic nitrogens is 2. The molecule has 2 aromatic heterocycles. The van der Waals surface area contributed by atoms with Crippen LogP contribution in [0.1, 0.15) is 45.1 Å².